The Labute approximate surface area is 120 Å². The number of halogens is 2. The van der Waals surface area contributed by atoms with Crippen LogP contribution < -0.4 is 5.32 Å². The number of carbonyl (C=O) groups is 1. The first-order valence-corrected chi connectivity index (χ1v) is 7.29. The molecule has 0 fully saturated rings. The SMILES string of the molecule is Cc1ccc(Br)cc1NC(=O)c1ccc(Br)s1. The Hall–Kier alpha value is -0.650. The molecular weight excluding hydrogens is 366 g/mol. The molecule has 0 saturated carbocycles. The average Bonchev–Trinajstić information content (AvgIpc) is 2.70. The van der Waals surface area contributed by atoms with Gasteiger partial charge in [0.15, 0.2) is 0 Å². The first-order valence-electron chi connectivity index (χ1n) is 4.89. The van der Waals surface area contributed by atoms with Crippen LogP contribution in [0.3, 0.4) is 0 Å². The number of amides is 1. The zero-order chi connectivity index (χ0) is 12.4. The molecule has 0 aliphatic heterocycles. The van der Waals surface area contributed by atoms with E-state index >= 15 is 0 Å². The molecule has 1 amide bonds. The van der Waals surface area contributed by atoms with E-state index < -0.39 is 0 Å². The lowest BCUT2D eigenvalue weighted by Gasteiger charge is -2.07. The van der Waals surface area contributed by atoms with Crippen molar-refractivity contribution in [2.75, 3.05) is 5.32 Å². The van der Waals surface area contributed by atoms with Crippen LogP contribution in [0.1, 0.15) is 15.2 Å². The number of hydrogen-bond acceptors (Lipinski definition) is 2. The molecule has 1 heterocycles. The number of aryl methyl sites for hydroxylation is 1. The van der Waals surface area contributed by atoms with Gasteiger partial charge in [-0.2, -0.15) is 0 Å². The smallest absolute Gasteiger partial charge is 0.265 e. The number of nitrogens with one attached hydrogen (secondary N) is 1. The van der Waals surface area contributed by atoms with Crippen molar-refractivity contribution in [3.8, 4) is 0 Å². The molecule has 0 unspecified atom stereocenters. The summed E-state index contributed by atoms with van der Waals surface area (Å²) in [5, 5.41) is 2.90. The van der Waals surface area contributed by atoms with Crippen LogP contribution >= 0.6 is 43.2 Å². The van der Waals surface area contributed by atoms with Gasteiger partial charge in [-0.05, 0) is 52.7 Å². The summed E-state index contributed by atoms with van der Waals surface area (Å²) in [5.41, 5.74) is 1.87. The molecule has 0 aliphatic rings. The van der Waals surface area contributed by atoms with Gasteiger partial charge < -0.3 is 5.32 Å². The fraction of sp³-hybridized carbons (Fsp3) is 0.0833. The third kappa shape index (κ3) is 3.18. The second-order valence-corrected chi connectivity index (χ2v) is 6.90. The van der Waals surface area contributed by atoms with E-state index in [-0.39, 0.29) is 5.91 Å². The zero-order valence-corrected chi connectivity index (χ0v) is 12.9. The maximum Gasteiger partial charge on any atom is 0.265 e. The summed E-state index contributed by atoms with van der Waals surface area (Å²) in [6.45, 7) is 1.96. The highest BCUT2D eigenvalue weighted by atomic mass is 79.9. The molecule has 0 atom stereocenters. The van der Waals surface area contributed by atoms with Gasteiger partial charge in [-0.15, -0.1) is 11.3 Å². The highest BCUT2D eigenvalue weighted by Crippen LogP contribution is 2.25. The monoisotopic (exact) mass is 373 g/mol. The summed E-state index contributed by atoms with van der Waals surface area (Å²) >= 11 is 8.15. The van der Waals surface area contributed by atoms with Crippen LogP contribution in [0.15, 0.2) is 38.6 Å². The van der Waals surface area contributed by atoms with Crippen LogP contribution in [0.4, 0.5) is 5.69 Å². The van der Waals surface area contributed by atoms with E-state index in [0.29, 0.717) is 4.88 Å². The largest absolute Gasteiger partial charge is 0.321 e. The summed E-state index contributed by atoms with van der Waals surface area (Å²) in [7, 11) is 0. The molecule has 1 aromatic carbocycles. The summed E-state index contributed by atoms with van der Waals surface area (Å²) in [5.74, 6) is -0.0816. The minimum atomic E-state index is -0.0816. The lowest BCUT2D eigenvalue weighted by molar-refractivity contribution is 0.103. The summed E-state index contributed by atoms with van der Waals surface area (Å²) in [4.78, 5) is 12.6. The first kappa shape index (κ1) is 12.8. The Morgan fingerprint density at radius 3 is 2.65 bits per heavy atom. The van der Waals surface area contributed by atoms with E-state index in [1.807, 2.05) is 31.2 Å². The van der Waals surface area contributed by atoms with Crippen LogP contribution in [0.5, 0.6) is 0 Å². The fourth-order valence-electron chi connectivity index (χ4n) is 1.35. The van der Waals surface area contributed by atoms with Crippen molar-refractivity contribution >= 4 is 54.8 Å². The Balaban J connectivity index is 2.21. The van der Waals surface area contributed by atoms with Crippen LogP contribution in [0.2, 0.25) is 0 Å². The third-order valence-corrected chi connectivity index (χ3v) is 4.36. The van der Waals surface area contributed by atoms with E-state index in [2.05, 4.69) is 37.2 Å². The van der Waals surface area contributed by atoms with E-state index in [9.17, 15) is 4.79 Å². The second kappa shape index (κ2) is 5.33. The molecule has 1 N–H and O–H groups in total. The van der Waals surface area contributed by atoms with Crippen LogP contribution in [0, 0.1) is 6.92 Å². The van der Waals surface area contributed by atoms with Crippen molar-refractivity contribution in [1.29, 1.82) is 0 Å². The number of anilines is 1. The first-order chi connectivity index (χ1) is 8.06. The number of thiophene rings is 1. The highest BCUT2D eigenvalue weighted by molar-refractivity contribution is 9.11. The fourth-order valence-corrected chi connectivity index (χ4v) is 2.99. The summed E-state index contributed by atoms with van der Waals surface area (Å²) in [6, 6.07) is 9.48. The van der Waals surface area contributed by atoms with Gasteiger partial charge in [-0.1, -0.05) is 22.0 Å². The Morgan fingerprint density at radius 1 is 1.24 bits per heavy atom. The highest BCUT2D eigenvalue weighted by Gasteiger charge is 2.10. The Morgan fingerprint density at radius 2 is 2.00 bits per heavy atom. The molecule has 88 valence electrons. The van der Waals surface area contributed by atoms with Crippen molar-refractivity contribution in [2.24, 2.45) is 0 Å². The standard InChI is InChI=1S/C12H9Br2NOS/c1-7-2-3-8(13)6-9(7)15-12(16)10-4-5-11(14)17-10/h2-6H,1H3,(H,15,16). The van der Waals surface area contributed by atoms with E-state index in [0.717, 1.165) is 19.5 Å². The molecule has 2 nitrogen and oxygen atoms in total. The van der Waals surface area contributed by atoms with Crippen molar-refractivity contribution in [2.45, 2.75) is 6.92 Å². The minimum Gasteiger partial charge on any atom is -0.321 e. The topological polar surface area (TPSA) is 29.1 Å². The van der Waals surface area contributed by atoms with E-state index in [1.165, 1.54) is 11.3 Å². The van der Waals surface area contributed by atoms with Gasteiger partial charge in [0.1, 0.15) is 0 Å². The molecular formula is C12H9Br2NOS. The molecule has 17 heavy (non-hydrogen) atoms. The minimum absolute atomic E-state index is 0.0816. The molecule has 1 aromatic heterocycles. The van der Waals surface area contributed by atoms with Gasteiger partial charge in [0.2, 0.25) is 0 Å². The average molecular weight is 375 g/mol. The van der Waals surface area contributed by atoms with Crippen molar-refractivity contribution in [3.05, 3.63) is 49.0 Å². The summed E-state index contributed by atoms with van der Waals surface area (Å²) in [6.07, 6.45) is 0. The molecule has 2 rings (SSSR count). The van der Waals surface area contributed by atoms with Gasteiger partial charge in [0.05, 0.1) is 8.66 Å². The number of carbonyl (C=O) groups excluding carboxylic acids is 1. The number of benzene rings is 1. The summed E-state index contributed by atoms with van der Waals surface area (Å²) < 4.78 is 1.90. The molecule has 0 aliphatic carbocycles. The van der Waals surface area contributed by atoms with Crippen LogP contribution in [-0.2, 0) is 0 Å². The van der Waals surface area contributed by atoms with Gasteiger partial charge in [-0.3, -0.25) is 4.79 Å². The predicted octanol–water partition coefficient (Wildman–Crippen LogP) is 4.83. The normalized spacial score (nSPS) is 10.3. The number of hydrogen-bond donors (Lipinski definition) is 1. The van der Waals surface area contributed by atoms with Crippen molar-refractivity contribution in [1.82, 2.24) is 0 Å². The maximum atomic E-state index is 12.0. The molecule has 0 bridgehead atoms. The Bertz CT molecular complexity index is 565. The van der Waals surface area contributed by atoms with Crippen LogP contribution in [0.25, 0.3) is 0 Å². The Kier molecular flexibility index (Phi) is 4.01. The van der Waals surface area contributed by atoms with Gasteiger partial charge in [0.25, 0.3) is 5.91 Å². The number of rotatable bonds is 2. The van der Waals surface area contributed by atoms with Crippen molar-refractivity contribution < 1.29 is 4.79 Å². The quantitative estimate of drug-likeness (QED) is 0.800. The third-order valence-electron chi connectivity index (χ3n) is 2.24. The lowest BCUT2D eigenvalue weighted by Crippen LogP contribution is -2.11. The van der Waals surface area contributed by atoms with Gasteiger partial charge in [-0.25, -0.2) is 0 Å². The van der Waals surface area contributed by atoms with E-state index in [1.54, 1.807) is 6.07 Å². The lowest BCUT2D eigenvalue weighted by atomic mass is 10.2. The van der Waals surface area contributed by atoms with Gasteiger partial charge >= 0.3 is 0 Å². The molecule has 5 heteroatoms. The van der Waals surface area contributed by atoms with Crippen LogP contribution in [-0.4, -0.2) is 5.91 Å². The van der Waals surface area contributed by atoms with Gasteiger partial charge in [0, 0.05) is 10.2 Å². The maximum absolute atomic E-state index is 12.0. The zero-order valence-electron chi connectivity index (χ0n) is 8.96. The molecule has 0 spiro atoms. The molecule has 0 saturated heterocycles. The molecule has 0 radical (unpaired) electrons. The predicted molar refractivity (Wildman–Crippen MR) is 78.9 cm³/mol. The second-order valence-electron chi connectivity index (χ2n) is 3.52. The van der Waals surface area contributed by atoms with E-state index in [4.69, 9.17) is 0 Å². The molecule has 2 aromatic rings. The van der Waals surface area contributed by atoms with Crippen molar-refractivity contribution in [3.63, 3.8) is 0 Å².